The first kappa shape index (κ1) is 17.6. The quantitative estimate of drug-likeness (QED) is 0.498. The zero-order chi connectivity index (χ0) is 18.8. The van der Waals surface area contributed by atoms with E-state index in [2.05, 4.69) is 6.58 Å². The van der Waals surface area contributed by atoms with E-state index in [0.29, 0.717) is 46.3 Å². The molecule has 3 rings (SSSR count). The second-order valence-electron chi connectivity index (χ2n) is 5.61. The van der Waals surface area contributed by atoms with Gasteiger partial charge in [-0.2, -0.15) is 0 Å². The number of furan rings is 1. The molecule has 0 saturated heterocycles. The molecule has 1 aromatic carbocycles. The number of ether oxygens (including phenoxy) is 3. The maximum atomic E-state index is 13.0. The second kappa shape index (κ2) is 6.95. The number of allylic oxidation sites excluding steroid dienone is 1. The maximum Gasteiger partial charge on any atom is 0.374 e. The second-order valence-corrected chi connectivity index (χ2v) is 5.61. The van der Waals surface area contributed by atoms with Crippen LogP contribution in [0.25, 0.3) is 21.9 Å². The summed E-state index contributed by atoms with van der Waals surface area (Å²) < 4.78 is 22.5. The molecule has 0 N–H and O–H groups in total. The molecule has 0 aliphatic carbocycles. The SMILES string of the molecule is C=CCCn1c(=O)c2cc(OC)c(OC)cc2c2cc(C(=O)OC)oc21. The number of carbonyl (C=O) groups is 1. The Bertz CT molecular complexity index is 1060. The van der Waals surface area contributed by atoms with Gasteiger partial charge < -0.3 is 18.6 Å². The van der Waals surface area contributed by atoms with Crippen molar-refractivity contribution in [3.63, 3.8) is 0 Å². The summed E-state index contributed by atoms with van der Waals surface area (Å²) in [6, 6.07) is 4.90. The van der Waals surface area contributed by atoms with Crippen LogP contribution in [0.1, 0.15) is 17.0 Å². The predicted octanol–water partition coefficient (Wildman–Crippen LogP) is 3.13. The topological polar surface area (TPSA) is 79.9 Å². The molecule has 0 amide bonds. The molecule has 0 atom stereocenters. The molecule has 2 heterocycles. The minimum atomic E-state index is -0.613. The predicted molar refractivity (Wildman–Crippen MR) is 97.2 cm³/mol. The zero-order valence-electron chi connectivity index (χ0n) is 14.8. The van der Waals surface area contributed by atoms with Crippen LogP contribution in [0.4, 0.5) is 0 Å². The molecule has 3 aromatic rings. The van der Waals surface area contributed by atoms with Crippen LogP contribution in [0.3, 0.4) is 0 Å². The number of benzene rings is 1. The summed E-state index contributed by atoms with van der Waals surface area (Å²) in [4.78, 5) is 24.9. The lowest BCUT2D eigenvalue weighted by Gasteiger charge is -2.12. The number of rotatable bonds is 6. The first-order valence-electron chi connectivity index (χ1n) is 7.97. The highest BCUT2D eigenvalue weighted by Crippen LogP contribution is 2.35. The van der Waals surface area contributed by atoms with E-state index in [4.69, 9.17) is 18.6 Å². The van der Waals surface area contributed by atoms with Crippen LogP contribution < -0.4 is 15.0 Å². The summed E-state index contributed by atoms with van der Waals surface area (Å²) in [7, 11) is 4.29. The van der Waals surface area contributed by atoms with Gasteiger partial charge in [0.25, 0.3) is 5.56 Å². The Morgan fingerprint density at radius 2 is 1.77 bits per heavy atom. The summed E-state index contributed by atoms with van der Waals surface area (Å²) in [6.07, 6.45) is 2.28. The van der Waals surface area contributed by atoms with Gasteiger partial charge in [-0.15, -0.1) is 6.58 Å². The molecule has 26 heavy (non-hydrogen) atoms. The molecule has 0 spiro atoms. The number of carbonyl (C=O) groups excluding carboxylic acids is 1. The number of hydrogen-bond acceptors (Lipinski definition) is 6. The Morgan fingerprint density at radius 3 is 2.35 bits per heavy atom. The molecular weight excluding hydrogens is 338 g/mol. The number of hydrogen-bond donors (Lipinski definition) is 0. The average Bonchev–Trinajstić information content (AvgIpc) is 3.11. The minimum Gasteiger partial charge on any atom is -0.493 e. The van der Waals surface area contributed by atoms with E-state index in [9.17, 15) is 9.59 Å². The molecule has 0 aliphatic heterocycles. The Hall–Kier alpha value is -3.22. The maximum absolute atomic E-state index is 13.0. The standard InChI is InChI=1S/C19H19NO6/c1-5-6-7-20-17(21)12-9-15(24-3)14(23-2)8-11(12)13-10-16(19(22)25-4)26-18(13)20/h5,8-10H,1,6-7H2,2-4H3. The highest BCUT2D eigenvalue weighted by Gasteiger charge is 2.21. The number of methoxy groups -OCH3 is 3. The molecule has 0 radical (unpaired) electrons. The number of pyridine rings is 1. The van der Waals surface area contributed by atoms with Crippen LogP contribution in [-0.4, -0.2) is 31.9 Å². The van der Waals surface area contributed by atoms with Gasteiger partial charge in [-0.05, 0) is 18.6 Å². The van der Waals surface area contributed by atoms with Crippen LogP contribution in [0, 0.1) is 0 Å². The average molecular weight is 357 g/mol. The highest BCUT2D eigenvalue weighted by molar-refractivity contribution is 6.07. The summed E-state index contributed by atoms with van der Waals surface area (Å²) >= 11 is 0. The van der Waals surface area contributed by atoms with E-state index in [1.165, 1.54) is 25.9 Å². The molecular formula is C19H19NO6. The number of nitrogens with zero attached hydrogens (tertiary/aromatic N) is 1. The molecule has 2 aromatic heterocycles. The Morgan fingerprint density at radius 1 is 1.12 bits per heavy atom. The van der Waals surface area contributed by atoms with Gasteiger partial charge in [0.1, 0.15) is 0 Å². The third-order valence-corrected chi connectivity index (χ3v) is 4.19. The van der Waals surface area contributed by atoms with Crippen LogP contribution in [0.5, 0.6) is 11.5 Å². The first-order chi connectivity index (χ1) is 12.5. The van der Waals surface area contributed by atoms with E-state index in [1.807, 2.05) is 0 Å². The zero-order valence-corrected chi connectivity index (χ0v) is 14.8. The summed E-state index contributed by atoms with van der Waals surface area (Å²) in [5.41, 5.74) is 0.0537. The van der Waals surface area contributed by atoms with Crippen LogP contribution in [0.2, 0.25) is 0 Å². The van der Waals surface area contributed by atoms with Crippen molar-refractivity contribution in [1.29, 1.82) is 0 Å². The third-order valence-electron chi connectivity index (χ3n) is 4.19. The number of esters is 1. The van der Waals surface area contributed by atoms with E-state index in [1.54, 1.807) is 24.3 Å². The molecule has 0 unspecified atom stereocenters. The minimum absolute atomic E-state index is 0.0246. The Labute approximate surface area is 149 Å². The molecule has 0 aliphatic rings. The molecule has 0 saturated carbocycles. The van der Waals surface area contributed by atoms with Gasteiger partial charge in [0.2, 0.25) is 11.5 Å². The van der Waals surface area contributed by atoms with E-state index < -0.39 is 5.97 Å². The van der Waals surface area contributed by atoms with Gasteiger partial charge >= 0.3 is 5.97 Å². The molecule has 7 nitrogen and oxygen atoms in total. The van der Waals surface area contributed by atoms with Gasteiger partial charge in [0.05, 0.1) is 26.7 Å². The van der Waals surface area contributed by atoms with Gasteiger partial charge in [-0.3, -0.25) is 9.36 Å². The summed E-state index contributed by atoms with van der Waals surface area (Å²) in [6.45, 7) is 4.06. The molecule has 136 valence electrons. The third kappa shape index (κ3) is 2.71. The van der Waals surface area contributed by atoms with E-state index >= 15 is 0 Å². The van der Waals surface area contributed by atoms with Crippen molar-refractivity contribution >= 4 is 27.8 Å². The Kier molecular flexibility index (Phi) is 4.71. The van der Waals surface area contributed by atoms with E-state index in [-0.39, 0.29) is 11.3 Å². The fourth-order valence-electron chi connectivity index (χ4n) is 2.92. The van der Waals surface area contributed by atoms with Gasteiger partial charge in [-0.25, -0.2) is 4.79 Å². The first-order valence-corrected chi connectivity index (χ1v) is 7.97. The molecule has 7 heteroatoms. The summed E-state index contributed by atoms with van der Waals surface area (Å²) in [5, 5.41) is 1.66. The lowest BCUT2D eigenvalue weighted by molar-refractivity contribution is 0.0567. The molecule has 0 fully saturated rings. The normalized spacial score (nSPS) is 10.9. The van der Waals surface area contributed by atoms with Gasteiger partial charge in [0.15, 0.2) is 11.5 Å². The fraction of sp³-hybridized carbons (Fsp3) is 0.263. The number of fused-ring (bicyclic) bond motifs is 3. The fourth-order valence-corrected chi connectivity index (χ4v) is 2.92. The van der Waals surface area contributed by atoms with E-state index in [0.717, 1.165) is 0 Å². The summed E-state index contributed by atoms with van der Waals surface area (Å²) in [5.74, 6) is 0.336. The molecule has 0 bridgehead atoms. The van der Waals surface area contributed by atoms with Crippen molar-refractivity contribution < 1.29 is 23.4 Å². The van der Waals surface area contributed by atoms with Gasteiger partial charge in [-0.1, -0.05) is 6.08 Å². The Balaban J connectivity index is 2.44. The van der Waals surface area contributed by atoms with Crippen LogP contribution in [-0.2, 0) is 11.3 Å². The monoisotopic (exact) mass is 357 g/mol. The van der Waals surface area contributed by atoms with Crippen molar-refractivity contribution in [3.05, 3.63) is 47.0 Å². The van der Waals surface area contributed by atoms with Crippen molar-refractivity contribution in [2.75, 3.05) is 21.3 Å². The van der Waals surface area contributed by atoms with Crippen LogP contribution >= 0.6 is 0 Å². The van der Waals surface area contributed by atoms with Gasteiger partial charge in [0, 0.05) is 23.4 Å². The smallest absolute Gasteiger partial charge is 0.374 e. The van der Waals surface area contributed by atoms with Crippen molar-refractivity contribution in [2.24, 2.45) is 0 Å². The van der Waals surface area contributed by atoms with Crippen molar-refractivity contribution in [3.8, 4) is 11.5 Å². The lowest BCUT2D eigenvalue weighted by atomic mass is 10.1. The lowest BCUT2D eigenvalue weighted by Crippen LogP contribution is -2.20. The van der Waals surface area contributed by atoms with Crippen molar-refractivity contribution in [1.82, 2.24) is 4.57 Å². The van der Waals surface area contributed by atoms with Crippen LogP contribution in [0.15, 0.2) is 40.1 Å². The van der Waals surface area contributed by atoms with Crippen molar-refractivity contribution in [2.45, 2.75) is 13.0 Å². The highest BCUT2D eigenvalue weighted by atomic mass is 16.5. The number of aryl methyl sites for hydroxylation is 1. The largest absolute Gasteiger partial charge is 0.493 e. The number of aromatic nitrogens is 1.